The molecule has 0 fully saturated rings. The molecule has 0 aliphatic carbocycles. The number of aromatic nitrogens is 2. The van der Waals surface area contributed by atoms with Crippen molar-refractivity contribution in [1.29, 1.82) is 0 Å². The lowest BCUT2D eigenvalue weighted by atomic mass is 10.3. The summed E-state index contributed by atoms with van der Waals surface area (Å²) in [5.74, 6) is 0.808. The number of likely N-dealkylation sites (N-methyl/N-ethyl adjacent to an activating group) is 1. The number of aromatic amines is 1. The molecule has 0 amide bonds. The Morgan fingerprint density at radius 3 is 2.73 bits per heavy atom. The lowest BCUT2D eigenvalue weighted by Gasteiger charge is -2.25. The highest BCUT2D eigenvalue weighted by molar-refractivity contribution is 5.48. The van der Waals surface area contributed by atoms with E-state index in [4.69, 9.17) is 5.73 Å². The molecule has 5 heteroatoms. The lowest BCUT2D eigenvalue weighted by Crippen LogP contribution is -2.32. The van der Waals surface area contributed by atoms with Crippen molar-refractivity contribution in [3.63, 3.8) is 0 Å². The maximum atomic E-state index is 11.6. The average Bonchev–Trinajstić information content (AvgIpc) is 2.45. The topological polar surface area (TPSA) is 67.0 Å². The predicted molar refractivity (Wildman–Crippen MR) is 59.0 cm³/mol. The summed E-state index contributed by atoms with van der Waals surface area (Å²) in [6.45, 7) is 2.49. The van der Waals surface area contributed by atoms with Crippen LogP contribution in [0.1, 0.15) is 5.69 Å². The van der Waals surface area contributed by atoms with E-state index in [-0.39, 0.29) is 5.56 Å². The van der Waals surface area contributed by atoms with Gasteiger partial charge in [-0.3, -0.25) is 9.89 Å². The van der Waals surface area contributed by atoms with E-state index < -0.39 is 0 Å². The summed E-state index contributed by atoms with van der Waals surface area (Å²) in [4.78, 5) is 13.5. The predicted octanol–water partition coefficient (Wildman–Crippen LogP) is 0.0712. The van der Waals surface area contributed by atoms with Crippen LogP contribution in [0.4, 0.5) is 0 Å². The molecular weight excluding hydrogens is 192 g/mol. The van der Waals surface area contributed by atoms with Gasteiger partial charge in [0.1, 0.15) is 5.82 Å². The van der Waals surface area contributed by atoms with Crippen molar-refractivity contribution in [2.45, 2.75) is 6.92 Å². The Labute approximate surface area is 87.5 Å². The van der Waals surface area contributed by atoms with Crippen molar-refractivity contribution < 1.29 is 0 Å². The summed E-state index contributed by atoms with van der Waals surface area (Å²) in [7, 11) is 1.90. The van der Waals surface area contributed by atoms with Gasteiger partial charge in [-0.05, 0) is 19.1 Å². The van der Waals surface area contributed by atoms with Crippen LogP contribution in [-0.4, -0.2) is 28.3 Å². The molecule has 0 bridgehead atoms. The van der Waals surface area contributed by atoms with Crippen LogP contribution in [0.2, 0.25) is 0 Å². The molecule has 0 aromatic carbocycles. The minimum Gasteiger partial charge on any atom is -0.401 e. The molecule has 0 saturated heterocycles. The number of aryl methyl sites for hydroxylation is 1. The number of rotatable bonds is 1. The maximum absolute atomic E-state index is 11.6. The van der Waals surface area contributed by atoms with Crippen molar-refractivity contribution in [3.05, 3.63) is 40.0 Å². The summed E-state index contributed by atoms with van der Waals surface area (Å²) in [5, 5.41) is 2.98. The van der Waals surface area contributed by atoms with Crippen LogP contribution in [0.15, 0.2) is 28.7 Å². The smallest absolute Gasteiger partial charge is 0.272 e. The van der Waals surface area contributed by atoms with Gasteiger partial charge in [0, 0.05) is 24.5 Å². The zero-order valence-electron chi connectivity index (χ0n) is 8.82. The van der Waals surface area contributed by atoms with Gasteiger partial charge in [0.2, 0.25) is 0 Å². The van der Waals surface area contributed by atoms with Gasteiger partial charge < -0.3 is 10.6 Å². The molecule has 1 aromatic heterocycles. The first kappa shape index (κ1) is 9.64. The molecule has 0 spiro atoms. The second-order valence-corrected chi connectivity index (χ2v) is 3.74. The Hall–Kier alpha value is -1.91. The van der Waals surface area contributed by atoms with E-state index in [1.54, 1.807) is 6.07 Å². The fourth-order valence-corrected chi connectivity index (χ4v) is 1.65. The second kappa shape index (κ2) is 3.34. The molecule has 0 radical (unpaired) electrons. The third kappa shape index (κ3) is 1.68. The van der Waals surface area contributed by atoms with Gasteiger partial charge in [0.25, 0.3) is 5.56 Å². The van der Waals surface area contributed by atoms with E-state index in [0.717, 1.165) is 17.2 Å². The summed E-state index contributed by atoms with van der Waals surface area (Å²) in [6, 6.07) is 1.57. The van der Waals surface area contributed by atoms with Gasteiger partial charge in [-0.15, -0.1) is 0 Å². The molecule has 15 heavy (non-hydrogen) atoms. The van der Waals surface area contributed by atoms with Crippen LogP contribution >= 0.6 is 0 Å². The third-order valence-corrected chi connectivity index (χ3v) is 2.33. The third-order valence-electron chi connectivity index (χ3n) is 2.33. The number of hydrogen-bond donors (Lipinski definition) is 2. The Balaban J connectivity index is 2.47. The van der Waals surface area contributed by atoms with Gasteiger partial charge >= 0.3 is 0 Å². The number of H-pyrrole nitrogens is 1. The van der Waals surface area contributed by atoms with Crippen LogP contribution in [-0.2, 0) is 0 Å². The number of allylic oxidation sites excluding steroid dienone is 2. The Morgan fingerprint density at radius 1 is 1.47 bits per heavy atom. The van der Waals surface area contributed by atoms with E-state index in [0.29, 0.717) is 6.54 Å². The van der Waals surface area contributed by atoms with Crippen molar-refractivity contribution >= 4 is 5.82 Å². The summed E-state index contributed by atoms with van der Waals surface area (Å²) in [6.07, 6.45) is 3.65. The molecule has 0 saturated carbocycles. The molecule has 5 nitrogen and oxygen atoms in total. The van der Waals surface area contributed by atoms with Crippen LogP contribution < -0.4 is 11.3 Å². The van der Waals surface area contributed by atoms with Crippen molar-refractivity contribution in [2.75, 3.05) is 13.6 Å². The van der Waals surface area contributed by atoms with E-state index in [2.05, 4.69) is 5.10 Å². The van der Waals surface area contributed by atoms with Crippen LogP contribution in [0.5, 0.6) is 0 Å². The number of hydrogen-bond acceptors (Lipinski definition) is 3. The lowest BCUT2D eigenvalue weighted by molar-refractivity contribution is 0.472. The van der Waals surface area contributed by atoms with Gasteiger partial charge in [0.05, 0.1) is 6.54 Å². The van der Waals surface area contributed by atoms with E-state index in [1.165, 1.54) is 4.68 Å². The van der Waals surface area contributed by atoms with Gasteiger partial charge in [-0.2, -0.15) is 0 Å². The van der Waals surface area contributed by atoms with Crippen molar-refractivity contribution in [1.82, 2.24) is 14.7 Å². The van der Waals surface area contributed by atoms with Gasteiger partial charge in [-0.1, -0.05) is 0 Å². The van der Waals surface area contributed by atoms with Crippen molar-refractivity contribution in [2.24, 2.45) is 5.73 Å². The highest BCUT2D eigenvalue weighted by Crippen LogP contribution is 2.12. The minimum absolute atomic E-state index is 0.0560. The fourth-order valence-electron chi connectivity index (χ4n) is 1.65. The zero-order valence-corrected chi connectivity index (χ0v) is 8.82. The minimum atomic E-state index is -0.0560. The summed E-state index contributed by atoms with van der Waals surface area (Å²) in [5.41, 5.74) is 7.26. The first-order chi connectivity index (χ1) is 7.08. The quantitative estimate of drug-likeness (QED) is 0.683. The highest BCUT2D eigenvalue weighted by Gasteiger charge is 2.13. The molecule has 2 heterocycles. The number of nitrogens with one attached hydrogen (secondary N) is 1. The normalized spacial score (nSPS) is 16.3. The van der Waals surface area contributed by atoms with Crippen molar-refractivity contribution in [3.8, 4) is 0 Å². The molecule has 80 valence electrons. The molecule has 2 rings (SSSR count). The SMILES string of the molecule is Cc1cc(=O)n(C2=CC=C(N)CN2C)[nH]1. The summed E-state index contributed by atoms with van der Waals surface area (Å²) >= 11 is 0. The standard InChI is InChI=1S/C10H14N4O/c1-7-5-10(15)14(12-7)9-4-3-8(11)6-13(9)2/h3-5,12H,6,11H2,1-2H3. The second-order valence-electron chi connectivity index (χ2n) is 3.74. The fraction of sp³-hybridized carbons (Fsp3) is 0.300. The van der Waals surface area contributed by atoms with E-state index >= 15 is 0 Å². The van der Waals surface area contributed by atoms with E-state index in [1.807, 2.05) is 31.0 Å². The Morgan fingerprint density at radius 2 is 2.20 bits per heavy atom. The van der Waals surface area contributed by atoms with Gasteiger partial charge in [-0.25, -0.2) is 4.68 Å². The molecule has 0 atom stereocenters. The number of nitrogens with zero attached hydrogens (tertiary/aromatic N) is 2. The van der Waals surface area contributed by atoms with Crippen LogP contribution in [0.3, 0.4) is 0 Å². The molecule has 1 aliphatic rings. The van der Waals surface area contributed by atoms with Crippen LogP contribution in [0, 0.1) is 6.92 Å². The molecule has 1 aliphatic heterocycles. The summed E-state index contributed by atoms with van der Waals surface area (Å²) < 4.78 is 1.51. The Kier molecular flexibility index (Phi) is 2.15. The largest absolute Gasteiger partial charge is 0.401 e. The molecule has 0 unspecified atom stereocenters. The van der Waals surface area contributed by atoms with Crippen LogP contribution in [0.25, 0.3) is 5.82 Å². The maximum Gasteiger partial charge on any atom is 0.272 e. The molecule has 3 N–H and O–H groups in total. The number of nitrogens with two attached hydrogens (primary N) is 1. The van der Waals surface area contributed by atoms with Gasteiger partial charge in [0.15, 0.2) is 0 Å². The monoisotopic (exact) mass is 206 g/mol. The Bertz CT molecular complexity index is 492. The van der Waals surface area contributed by atoms with E-state index in [9.17, 15) is 4.79 Å². The zero-order chi connectivity index (χ0) is 11.0. The average molecular weight is 206 g/mol. The molecule has 1 aromatic rings. The first-order valence-electron chi connectivity index (χ1n) is 4.74. The highest BCUT2D eigenvalue weighted by atomic mass is 16.1. The molecular formula is C10H14N4O. The first-order valence-corrected chi connectivity index (χ1v) is 4.74.